The smallest absolute Gasteiger partial charge is 0.225 e. The highest BCUT2D eigenvalue weighted by Gasteiger charge is 2.15. The van der Waals surface area contributed by atoms with Gasteiger partial charge < -0.3 is 0 Å². The van der Waals surface area contributed by atoms with Gasteiger partial charge in [0.05, 0.1) is 22.3 Å². The zero-order valence-corrected chi connectivity index (χ0v) is 10.5. The number of hydrogen-bond donors (Lipinski definition) is 0. The largest absolute Gasteiger partial charge is 0.295 e. The van der Waals surface area contributed by atoms with Crippen LogP contribution in [-0.4, -0.2) is 21.1 Å². The molecule has 94 valence electrons. The van der Waals surface area contributed by atoms with E-state index in [0.29, 0.717) is 27.4 Å². The van der Waals surface area contributed by atoms with Crippen LogP contribution in [0, 0.1) is 5.95 Å². The lowest BCUT2D eigenvalue weighted by Crippen LogP contribution is -1.99. The molecule has 3 rings (SSSR count). The van der Waals surface area contributed by atoms with Crippen LogP contribution in [0.25, 0.3) is 16.1 Å². The van der Waals surface area contributed by atoms with Gasteiger partial charge in [-0.15, -0.1) is 11.3 Å². The first-order valence-electron chi connectivity index (χ1n) is 5.50. The second-order valence-corrected chi connectivity index (χ2v) is 4.84. The molecule has 0 saturated carbocycles. The van der Waals surface area contributed by atoms with Crippen molar-refractivity contribution in [3.8, 4) is 16.1 Å². The van der Waals surface area contributed by atoms with Crippen molar-refractivity contribution in [3.05, 3.63) is 53.7 Å². The third-order valence-corrected chi connectivity index (χ3v) is 3.56. The van der Waals surface area contributed by atoms with Crippen LogP contribution < -0.4 is 0 Å². The molecular weight excluding hydrogens is 265 g/mol. The maximum atomic E-state index is 14.3. The van der Waals surface area contributed by atoms with Gasteiger partial charge in [0.2, 0.25) is 5.95 Å². The van der Waals surface area contributed by atoms with Gasteiger partial charge in [-0.25, -0.2) is 9.67 Å². The van der Waals surface area contributed by atoms with Crippen molar-refractivity contribution in [1.29, 1.82) is 0 Å². The number of aromatic nitrogens is 3. The van der Waals surface area contributed by atoms with Crippen LogP contribution >= 0.6 is 11.3 Å². The fourth-order valence-corrected chi connectivity index (χ4v) is 2.45. The van der Waals surface area contributed by atoms with Gasteiger partial charge in [-0.05, 0) is 12.1 Å². The molecule has 3 aromatic rings. The first kappa shape index (κ1) is 11.7. The summed E-state index contributed by atoms with van der Waals surface area (Å²) in [6.07, 6.45) is 3.56. The van der Waals surface area contributed by atoms with E-state index in [1.165, 1.54) is 17.1 Å². The van der Waals surface area contributed by atoms with E-state index in [4.69, 9.17) is 0 Å². The molecular formula is C13H8FN3OS. The van der Waals surface area contributed by atoms with Crippen molar-refractivity contribution >= 4 is 17.6 Å². The Balaban J connectivity index is 2.06. The van der Waals surface area contributed by atoms with E-state index in [2.05, 4.69) is 10.1 Å². The Bertz CT molecular complexity index is 721. The highest BCUT2D eigenvalue weighted by molar-refractivity contribution is 7.16. The molecule has 0 aliphatic carbocycles. The van der Waals surface area contributed by atoms with Crippen LogP contribution in [0.15, 0.2) is 42.7 Å². The molecule has 0 saturated heterocycles. The lowest BCUT2D eigenvalue weighted by molar-refractivity contribution is 0.112. The Morgan fingerprint density at radius 3 is 2.68 bits per heavy atom. The maximum absolute atomic E-state index is 14.3. The molecule has 0 N–H and O–H groups in total. The number of aldehydes is 1. The van der Waals surface area contributed by atoms with Crippen molar-refractivity contribution in [3.63, 3.8) is 0 Å². The number of para-hydroxylation sites is 1. The number of carbonyl (C=O) groups is 1. The normalized spacial score (nSPS) is 10.6. The predicted molar refractivity (Wildman–Crippen MR) is 70.0 cm³/mol. The SMILES string of the molecule is O=Cc1ncc(-c2cnn(-c3ccccc3)c2F)s1. The van der Waals surface area contributed by atoms with E-state index in [1.54, 1.807) is 12.1 Å². The van der Waals surface area contributed by atoms with Crippen molar-refractivity contribution in [2.45, 2.75) is 0 Å². The van der Waals surface area contributed by atoms with Crippen LogP contribution in [0.3, 0.4) is 0 Å². The third-order valence-electron chi connectivity index (χ3n) is 2.60. The van der Waals surface area contributed by atoms with E-state index >= 15 is 0 Å². The first-order chi connectivity index (χ1) is 9.29. The number of benzene rings is 1. The summed E-state index contributed by atoms with van der Waals surface area (Å²) in [5, 5.41) is 4.35. The highest BCUT2D eigenvalue weighted by atomic mass is 32.1. The first-order valence-corrected chi connectivity index (χ1v) is 6.31. The second kappa shape index (κ2) is 4.74. The average molecular weight is 273 g/mol. The summed E-state index contributed by atoms with van der Waals surface area (Å²) in [6, 6.07) is 9.01. The zero-order valence-electron chi connectivity index (χ0n) is 9.65. The Kier molecular flexibility index (Phi) is 2.92. The van der Waals surface area contributed by atoms with Crippen LogP contribution in [0.2, 0.25) is 0 Å². The minimum Gasteiger partial charge on any atom is -0.295 e. The molecule has 0 aliphatic heterocycles. The molecule has 0 bridgehead atoms. The molecule has 4 nitrogen and oxygen atoms in total. The minimum atomic E-state index is -0.465. The van der Waals surface area contributed by atoms with Gasteiger partial charge in [-0.3, -0.25) is 4.79 Å². The summed E-state index contributed by atoms with van der Waals surface area (Å²) in [6.45, 7) is 0. The van der Waals surface area contributed by atoms with Gasteiger partial charge in [-0.1, -0.05) is 18.2 Å². The third kappa shape index (κ3) is 2.06. The van der Waals surface area contributed by atoms with Gasteiger partial charge in [0.15, 0.2) is 11.3 Å². The van der Waals surface area contributed by atoms with Crippen molar-refractivity contribution < 1.29 is 9.18 Å². The summed E-state index contributed by atoms with van der Waals surface area (Å²) in [5.74, 6) is -0.465. The molecule has 0 radical (unpaired) electrons. The summed E-state index contributed by atoms with van der Waals surface area (Å²) >= 11 is 1.14. The maximum Gasteiger partial charge on any atom is 0.225 e. The fourth-order valence-electron chi connectivity index (χ4n) is 1.71. The predicted octanol–water partition coefficient (Wildman–Crippen LogP) is 2.95. The average Bonchev–Trinajstić information content (AvgIpc) is 3.06. The number of thiazole rings is 1. The highest BCUT2D eigenvalue weighted by Crippen LogP contribution is 2.28. The van der Waals surface area contributed by atoms with Crippen molar-refractivity contribution in [2.75, 3.05) is 0 Å². The van der Waals surface area contributed by atoms with Crippen LogP contribution in [0.4, 0.5) is 4.39 Å². The number of carbonyl (C=O) groups excluding carboxylic acids is 1. The topological polar surface area (TPSA) is 47.8 Å². The molecule has 0 aliphatic rings. The standard InChI is InChI=1S/C13H8FN3OS/c14-13-10(11-7-15-12(8-18)19-11)6-16-17(13)9-4-2-1-3-5-9/h1-8H. The van der Waals surface area contributed by atoms with Gasteiger partial charge in [-0.2, -0.15) is 9.49 Å². The Morgan fingerprint density at radius 2 is 2.00 bits per heavy atom. The second-order valence-electron chi connectivity index (χ2n) is 3.78. The Hall–Kier alpha value is -2.34. The molecule has 2 aromatic heterocycles. The number of rotatable bonds is 3. The van der Waals surface area contributed by atoms with Crippen LogP contribution in [-0.2, 0) is 0 Å². The zero-order chi connectivity index (χ0) is 13.2. The van der Waals surface area contributed by atoms with E-state index in [-0.39, 0.29) is 0 Å². The molecule has 0 atom stereocenters. The minimum absolute atomic E-state index is 0.321. The van der Waals surface area contributed by atoms with Crippen molar-refractivity contribution in [1.82, 2.24) is 14.8 Å². The van der Waals surface area contributed by atoms with E-state index < -0.39 is 5.95 Å². The molecule has 6 heteroatoms. The van der Waals surface area contributed by atoms with Gasteiger partial charge in [0.1, 0.15) is 0 Å². The van der Waals surface area contributed by atoms with E-state index in [1.807, 2.05) is 18.2 Å². The van der Waals surface area contributed by atoms with E-state index in [9.17, 15) is 9.18 Å². The van der Waals surface area contributed by atoms with E-state index in [0.717, 1.165) is 11.3 Å². The fraction of sp³-hybridized carbons (Fsp3) is 0. The van der Waals surface area contributed by atoms with Crippen molar-refractivity contribution in [2.24, 2.45) is 0 Å². The van der Waals surface area contributed by atoms with Crippen LogP contribution in [0.1, 0.15) is 9.80 Å². The number of nitrogens with zero attached hydrogens (tertiary/aromatic N) is 3. The van der Waals surface area contributed by atoms with Crippen LogP contribution in [0.5, 0.6) is 0 Å². The lowest BCUT2D eigenvalue weighted by Gasteiger charge is -2.01. The Morgan fingerprint density at radius 1 is 1.21 bits per heavy atom. The molecule has 19 heavy (non-hydrogen) atoms. The molecule has 0 amide bonds. The Labute approximate surface area is 112 Å². The van der Waals surface area contributed by atoms with Gasteiger partial charge in [0.25, 0.3) is 0 Å². The monoisotopic (exact) mass is 273 g/mol. The number of hydrogen-bond acceptors (Lipinski definition) is 4. The van der Waals surface area contributed by atoms with Gasteiger partial charge >= 0.3 is 0 Å². The summed E-state index contributed by atoms with van der Waals surface area (Å²) < 4.78 is 15.5. The summed E-state index contributed by atoms with van der Waals surface area (Å²) in [4.78, 5) is 15.1. The van der Waals surface area contributed by atoms with Gasteiger partial charge in [0, 0.05) is 6.20 Å². The molecule has 0 spiro atoms. The summed E-state index contributed by atoms with van der Waals surface area (Å²) in [7, 11) is 0. The quantitative estimate of drug-likeness (QED) is 0.689. The number of halogens is 1. The molecule has 1 aromatic carbocycles. The molecule has 0 unspecified atom stereocenters. The lowest BCUT2D eigenvalue weighted by atomic mass is 10.3. The molecule has 0 fully saturated rings. The summed E-state index contributed by atoms with van der Waals surface area (Å²) in [5.41, 5.74) is 0.987. The molecule has 2 heterocycles.